The Balaban J connectivity index is 1.93. The maximum Gasteiger partial charge on any atom is 0.194 e. The molecule has 116 valence electrons. The molecular formula is C17H27N3O. The molecule has 0 spiro atoms. The highest BCUT2D eigenvalue weighted by Gasteiger charge is 2.15. The van der Waals surface area contributed by atoms with Gasteiger partial charge in [-0.05, 0) is 37.8 Å². The van der Waals surface area contributed by atoms with Gasteiger partial charge in [0.1, 0.15) is 0 Å². The van der Waals surface area contributed by atoms with Crippen molar-refractivity contribution in [2.24, 2.45) is 4.99 Å². The molecule has 4 nitrogen and oxygen atoms in total. The van der Waals surface area contributed by atoms with E-state index in [1.807, 2.05) is 6.92 Å². The van der Waals surface area contributed by atoms with Crippen molar-refractivity contribution in [3.8, 4) is 0 Å². The van der Waals surface area contributed by atoms with Crippen molar-refractivity contribution in [2.75, 3.05) is 26.2 Å². The number of nitrogens with one attached hydrogen (secondary N) is 1. The molecule has 4 heteroatoms. The van der Waals surface area contributed by atoms with E-state index in [9.17, 15) is 0 Å². The van der Waals surface area contributed by atoms with Crippen molar-refractivity contribution in [1.29, 1.82) is 0 Å². The Labute approximate surface area is 128 Å². The third-order valence-corrected chi connectivity index (χ3v) is 3.65. The second kappa shape index (κ2) is 8.67. The summed E-state index contributed by atoms with van der Waals surface area (Å²) in [5.41, 5.74) is 2.46. The van der Waals surface area contributed by atoms with E-state index in [0.29, 0.717) is 6.61 Å². The van der Waals surface area contributed by atoms with E-state index in [4.69, 9.17) is 9.73 Å². The molecule has 0 amide bonds. The van der Waals surface area contributed by atoms with Gasteiger partial charge in [0.15, 0.2) is 5.96 Å². The molecule has 1 N–H and O–H groups in total. The van der Waals surface area contributed by atoms with E-state index in [-0.39, 0.29) is 0 Å². The van der Waals surface area contributed by atoms with Crippen molar-refractivity contribution in [2.45, 2.75) is 39.8 Å². The molecule has 0 aliphatic carbocycles. The first-order chi connectivity index (χ1) is 10.3. The number of ether oxygens (including phenoxy) is 1. The van der Waals surface area contributed by atoms with Gasteiger partial charge in [0, 0.05) is 26.2 Å². The average molecular weight is 289 g/mol. The predicted molar refractivity (Wildman–Crippen MR) is 87.4 cm³/mol. The Kier molecular flexibility index (Phi) is 6.54. The highest BCUT2D eigenvalue weighted by Crippen LogP contribution is 2.10. The Morgan fingerprint density at radius 3 is 2.43 bits per heavy atom. The number of nitrogens with zero attached hydrogens (tertiary/aromatic N) is 2. The molecule has 2 rings (SSSR count). The van der Waals surface area contributed by atoms with Crippen LogP contribution in [-0.2, 0) is 17.9 Å². The van der Waals surface area contributed by atoms with E-state index < -0.39 is 0 Å². The standard InChI is InChI=1S/C17H27N3O/c1-3-18-17(20-11-5-6-12-20)19-13-15-7-9-16(10-8-15)14-21-4-2/h7-10H,3-6,11-14H2,1-2H3,(H,18,19). The zero-order valence-electron chi connectivity index (χ0n) is 13.3. The van der Waals surface area contributed by atoms with Gasteiger partial charge in [-0.1, -0.05) is 24.3 Å². The molecule has 0 bridgehead atoms. The number of aliphatic imine (C=N–C) groups is 1. The molecule has 0 atom stereocenters. The van der Waals surface area contributed by atoms with E-state index in [1.54, 1.807) is 0 Å². The highest BCUT2D eigenvalue weighted by molar-refractivity contribution is 5.80. The fourth-order valence-electron chi connectivity index (χ4n) is 2.48. The van der Waals surface area contributed by atoms with Crippen molar-refractivity contribution >= 4 is 5.96 Å². The van der Waals surface area contributed by atoms with Crippen LogP contribution in [0.15, 0.2) is 29.3 Å². The lowest BCUT2D eigenvalue weighted by Gasteiger charge is -2.20. The summed E-state index contributed by atoms with van der Waals surface area (Å²) >= 11 is 0. The minimum Gasteiger partial charge on any atom is -0.377 e. The molecular weight excluding hydrogens is 262 g/mol. The van der Waals surface area contributed by atoms with Gasteiger partial charge in [-0.3, -0.25) is 0 Å². The van der Waals surface area contributed by atoms with Crippen LogP contribution in [0.5, 0.6) is 0 Å². The van der Waals surface area contributed by atoms with E-state index in [2.05, 4.69) is 41.4 Å². The lowest BCUT2D eigenvalue weighted by atomic mass is 10.1. The van der Waals surface area contributed by atoms with Crippen LogP contribution in [0, 0.1) is 0 Å². The summed E-state index contributed by atoms with van der Waals surface area (Å²) in [6.07, 6.45) is 2.55. The van der Waals surface area contributed by atoms with Crippen LogP contribution < -0.4 is 5.32 Å². The van der Waals surface area contributed by atoms with Crippen LogP contribution in [0.2, 0.25) is 0 Å². The topological polar surface area (TPSA) is 36.9 Å². The molecule has 0 radical (unpaired) electrons. The fraction of sp³-hybridized carbons (Fsp3) is 0.588. The van der Waals surface area contributed by atoms with Crippen molar-refractivity contribution < 1.29 is 4.74 Å². The number of benzene rings is 1. The highest BCUT2D eigenvalue weighted by atomic mass is 16.5. The van der Waals surface area contributed by atoms with Gasteiger partial charge in [0.2, 0.25) is 0 Å². The molecule has 0 unspecified atom stereocenters. The molecule has 0 aromatic heterocycles. The summed E-state index contributed by atoms with van der Waals surface area (Å²) < 4.78 is 5.41. The van der Waals surface area contributed by atoms with E-state index in [0.717, 1.165) is 38.7 Å². The SMILES string of the molecule is CCNC(=NCc1ccc(COCC)cc1)N1CCCC1. The van der Waals surface area contributed by atoms with E-state index in [1.165, 1.54) is 24.0 Å². The molecule has 1 fully saturated rings. The Morgan fingerprint density at radius 1 is 1.14 bits per heavy atom. The van der Waals surface area contributed by atoms with Gasteiger partial charge in [-0.25, -0.2) is 4.99 Å². The van der Waals surface area contributed by atoms with Gasteiger partial charge < -0.3 is 15.0 Å². The van der Waals surface area contributed by atoms with Gasteiger partial charge >= 0.3 is 0 Å². The maximum absolute atomic E-state index is 5.41. The van der Waals surface area contributed by atoms with Crippen LogP contribution >= 0.6 is 0 Å². The lowest BCUT2D eigenvalue weighted by Crippen LogP contribution is -2.39. The molecule has 1 aromatic carbocycles. The summed E-state index contributed by atoms with van der Waals surface area (Å²) in [5, 5.41) is 3.39. The number of likely N-dealkylation sites (tertiary alicyclic amines) is 1. The fourth-order valence-corrected chi connectivity index (χ4v) is 2.48. The van der Waals surface area contributed by atoms with Crippen molar-refractivity contribution in [3.63, 3.8) is 0 Å². The summed E-state index contributed by atoms with van der Waals surface area (Å²) in [7, 11) is 0. The monoisotopic (exact) mass is 289 g/mol. The second-order valence-electron chi connectivity index (χ2n) is 5.32. The third-order valence-electron chi connectivity index (χ3n) is 3.65. The summed E-state index contributed by atoms with van der Waals surface area (Å²) in [6.45, 7) is 9.48. The Morgan fingerprint density at radius 2 is 1.81 bits per heavy atom. The largest absolute Gasteiger partial charge is 0.377 e. The summed E-state index contributed by atoms with van der Waals surface area (Å²) in [4.78, 5) is 7.11. The predicted octanol–water partition coefficient (Wildman–Crippen LogP) is 2.78. The van der Waals surface area contributed by atoms with Gasteiger partial charge in [0.05, 0.1) is 13.2 Å². The molecule has 1 aromatic rings. The first-order valence-corrected chi connectivity index (χ1v) is 8.02. The third kappa shape index (κ3) is 5.05. The average Bonchev–Trinajstić information content (AvgIpc) is 3.04. The molecule has 1 aliphatic heterocycles. The normalized spacial score (nSPS) is 15.5. The first-order valence-electron chi connectivity index (χ1n) is 8.02. The van der Waals surface area contributed by atoms with Crippen LogP contribution in [0.3, 0.4) is 0 Å². The quantitative estimate of drug-likeness (QED) is 0.646. The molecule has 1 aliphatic rings. The Hall–Kier alpha value is -1.55. The van der Waals surface area contributed by atoms with Crippen LogP contribution in [0.4, 0.5) is 0 Å². The van der Waals surface area contributed by atoms with E-state index >= 15 is 0 Å². The van der Waals surface area contributed by atoms with Crippen LogP contribution in [0.1, 0.15) is 37.8 Å². The minimum atomic E-state index is 0.691. The molecule has 0 saturated carbocycles. The van der Waals surface area contributed by atoms with Crippen molar-refractivity contribution in [1.82, 2.24) is 10.2 Å². The molecule has 1 heterocycles. The lowest BCUT2D eigenvalue weighted by molar-refractivity contribution is 0.134. The zero-order chi connectivity index (χ0) is 14.9. The van der Waals surface area contributed by atoms with Crippen LogP contribution in [-0.4, -0.2) is 37.1 Å². The maximum atomic E-state index is 5.41. The van der Waals surface area contributed by atoms with Crippen molar-refractivity contribution in [3.05, 3.63) is 35.4 Å². The van der Waals surface area contributed by atoms with Gasteiger partial charge in [0.25, 0.3) is 0 Å². The van der Waals surface area contributed by atoms with Crippen LogP contribution in [0.25, 0.3) is 0 Å². The summed E-state index contributed by atoms with van der Waals surface area (Å²) in [6, 6.07) is 8.55. The van der Waals surface area contributed by atoms with Gasteiger partial charge in [-0.2, -0.15) is 0 Å². The number of hydrogen-bond donors (Lipinski definition) is 1. The first kappa shape index (κ1) is 15.8. The van der Waals surface area contributed by atoms with Gasteiger partial charge in [-0.15, -0.1) is 0 Å². The molecule has 21 heavy (non-hydrogen) atoms. The summed E-state index contributed by atoms with van der Waals surface area (Å²) in [5.74, 6) is 1.05. The number of hydrogen-bond acceptors (Lipinski definition) is 2. The zero-order valence-corrected chi connectivity index (χ0v) is 13.3. The second-order valence-corrected chi connectivity index (χ2v) is 5.32. The number of rotatable bonds is 6. The Bertz CT molecular complexity index is 436. The number of guanidine groups is 1. The minimum absolute atomic E-state index is 0.691. The molecule has 1 saturated heterocycles. The smallest absolute Gasteiger partial charge is 0.194 e.